The number of rotatable bonds is 2. The van der Waals surface area contributed by atoms with Gasteiger partial charge in [0.25, 0.3) is 10.1 Å². The molecule has 0 amide bonds. The van der Waals surface area contributed by atoms with Crippen LogP contribution in [0.2, 0.25) is 0 Å². The standard InChI is InChI=1S/C9H8Cl2N4O3S/c10-9-7(12)8(13-15(11)14-9)5-2-1-3-6(4-5)19(16,17)18/h1-4,14H,12H2,(H,16,17,18). The Hall–Kier alpha value is -1.48. The largest absolute Gasteiger partial charge is 0.394 e. The Kier molecular flexibility index (Phi) is 3.59. The molecule has 0 saturated heterocycles. The first kappa shape index (κ1) is 13.9. The molecular formula is C9H8Cl2N4O3S. The summed E-state index contributed by atoms with van der Waals surface area (Å²) >= 11 is 11.4. The molecule has 102 valence electrons. The van der Waals surface area contributed by atoms with Gasteiger partial charge in [-0.25, -0.2) is 0 Å². The summed E-state index contributed by atoms with van der Waals surface area (Å²) in [6.45, 7) is 0. The highest BCUT2D eigenvalue weighted by Crippen LogP contribution is 2.19. The van der Waals surface area contributed by atoms with E-state index in [1.807, 2.05) is 0 Å². The molecule has 2 rings (SSSR count). The van der Waals surface area contributed by atoms with E-state index in [-0.39, 0.29) is 21.5 Å². The van der Waals surface area contributed by atoms with Gasteiger partial charge in [0, 0.05) is 5.56 Å². The van der Waals surface area contributed by atoms with Crippen molar-refractivity contribution in [2.45, 2.75) is 4.90 Å². The molecule has 10 heteroatoms. The Bertz CT molecular complexity index is 686. The summed E-state index contributed by atoms with van der Waals surface area (Å²) in [6.07, 6.45) is 0. The zero-order chi connectivity index (χ0) is 14.2. The normalized spacial score (nSPS) is 16.2. The number of nitrogens with one attached hydrogen (secondary N) is 1. The first-order chi connectivity index (χ1) is 8.79. The van der Waals surface area contributed by atoms with Crippen LogP contribution in [-0.4, -0.2) is 23.3 Å². The second kappa shape index (κ2) is 4.89. The van der Waals surface area contributed by atoms with Crippen LogP contribution in [-0.2, 0) is 10.1 Å². The molecule has 1 aliphatic rings. The summed E-state index contributed by atoms with van der Waals surface area (Å²) < 4.78 is 32.0. The summed E-state index contributed by atoms with van der Waals surface area (Å²) in [5, 5.41) is 3.92. The van der Waals surface area contributed by atoms with Gasteiger partial charge in [0.1, 0.15) is 10.9 Å². The van der Waals surface area contributed by atoms with Crippen LogP contribution in [0, 0.1) is 0 Å². The molecule has 0 unspecified atom stereocenters. The molecule has 7 nitrogen and oxygen atoms in total. The number of allylic oxidation sites excluding steroid dienone is 1. The van der Waals surface area contributed by atoms with E-state index < -0.39 is 10.1 Å². The van der Waals surface area contributed by atoms with Crippen LogP contribution >= 0.6 is 23.4 Å². The number of hydrazone groups is 1. The van der Waals surface area contributed by atoms with Gasteiger partial charge in [0.15, 0.2) is 0 Å². The smallest absolute Gasteiger partial charge is 0.294 e. The third-order valence-corrected chi connectivity index (χ3v) is 3.57. The zero-order valence-corrected chi connectivity index (χ0v) is 11.5. The summed E-state index contributed by atoms with van der Waals surface area (Å²) in [6, 6.07) is 5.44. The maximum atomic E-state index is 11.1. The second-order valence-electron chi connectivity index (χ2n) is 3.55. The Morgan fingerprint density at radius 3 is 2.74 bits per heavy atom. The lowest BCUT2D eigenvalue weighted by Gasteiger charge is -2.21. The van der Waals surface area contributed by atoms with E-state index in [2.05, 4.69) is 10.5 Å². The molecule has 0 atom stereocenters. The number of hydrazine groups is 1. The highest BCUT2D eigenvalue weighted by molar-refractivity contribution is 7.85. The van der Waals surface area contributed by atoms with Crippen molar-refractivity contribution in [1.82, 2.24) is 10.1 Å². The molecule has 1 aromatic rings. The Morgan fingerprint density at radius 2 is 2.11 bits per heavy atom. The van der Waals surface area contributed by atoms with Crippen LogP contribution in [0.25, 0.3) is 0 Å². The van der Waals surface area contributed by atoms with E-state index in [9.17, 15) is 8.42 Å². The fourth-order valence-electron chi connectivity index (χ4n) is 1.43. The third-order valence-electron chi connectivity index (χ3n) is 2.28. The van der Waals surface area contributed by atoms with Gasteiger partial charge in [0.05, 0.1) is 22.4 Å². The van der Waals surface area contributed by atoms with Gasteiger partial charge in [-0.05, 0) is 12.1 Å². The van der Waals surface area contributed by atoms with E-state index >= 15 is 0 Å². The summed E-state index contributed by atoms with van der Waals surface area (Å²) in [5.74, 6) is 0. The van der Waals surface area contributed by atoms with Gasteiger partial charge in [0.2, 0.25) is 0 Å². The molecule has 0 aliphatic carbocycles. The van der Waals surface area contributed by atoms with E-state index in [0.29, 0.717) is 5.56 Å². The van der Waals surface area contributed by atoms with Crippen LogP contribution in [0.1, 0.15) is 5.56 Å². The fraction of sp³-hybridized carbons (Fsp3) is 0. The molecule has 1 heterocycles. The monoisotopic (exact) mass is 322 g/mol. The fourth-order valence-corrected chi connectivity index (χ4v) is 2.33. The van der Waals surface area contributed by atoms with Gasteiger partial charge in [-0.3, -0.25) is 9.98 Å². The van der Waals surface area contributed by atoms with Crippen molar-refractivity contribution in [2.75, 3.05) is 0 Å². The van der Waals surface area contributed by atoms with Gasteiger partial charge < -0.3 is 5.73 Å². The molecule has 4 N–H and O–H groups in total. The molecule has 0 bridgehead atoms. The van der Waals surface area contributed by atoms with Gasteiger partial charge in [-0.2, -0.15) is 8.42 Å². The molecule has 1 aromatic carbocycles. The minimum absolute atomic E-state index is 0.0530. The van der Waals surface area contributed by atoms with E-state index in [0.717, 1.165) is 4.64 Å². The molecule has 0 aromatic heterocycles. The Morgan fingerprint density at radius 1 is 1.42 bits per heavy atom. The number of halogens is 2. The van der Waals surface area contributed by atoms with Crippen LogP contribution in [0.4, 0.5) is 0 Å². The number of nitrogens with zero attached hydrogens (tertiary/aromatic N) is 2. The predicted octanol–water partition coefficient (Wildman–Crippen LogP) is 0.978. The van der Waals surface area contributed by atoms with Crippen molar-refractivity contribution in [2.24, 2.45) is 10.8 Å². The van der Waals surface area contributed by atoms with Crippen molar-refractivity contribution in [3.8, 4) is 0 Å². The van der Waals surface area contributed by atoms with Gasteiger partial charge >= 0.3 is 0 Å². The molecule has 1 aliphatic heterocycles. The molecule has 0 saturated carbocycles. The SMILES string of the molecule is NC1=C(Cl)NN(Cl)N=C1c1cccc(S(=O)(=O)O)c1. The second-order valence-corrected chi connectivity index (χ2v) is 5.67. The van der Waals surface area contributed by atoms with Crippen LogP contribution in [0.15, 0.2) is 45.1 Å². The highest BCUT2D eigenvalue weighted by Gasteiger charge is 2.20. The topological polar surface area (TPSA) is 108 Å². The van der Waals surface area contributed by atoms with Crippen molar-refractivity contribution in [1.29, 1.82) is 0 Å². The van der Waals surface area contributed by atoms with Gasteiger partial charge in [-0.1, -0.05) is 23.7 Å². The van der Waals surface area contributed by atoms with E-state index in [1.165, 1.54) is 18.2 Å². The van der Waals surface area contributed by atoms with Crippen LogP contribution in [0.5, 0.6) is 0 Å². The Labute approximate surface area is 119 Å². The number of nitrogens with two attached hydrogens (primary N) is 1. The van der Waals surface area contributed by atoms with Crippen molar-refractivity contribution in [3.63, 3.8) is 0 Å². The lowest BCUT2D eigenvalue weighted by atomic mass is 10.1. The average Bonchev–Trinajstić information content (AvgIpc) is 2.33. The average molecular weight is 323 g/mol. The summed E-state index contributed by atoms with van der Waals surface area (Å²) in [7, 11) is -4.32. The summed E-state index contributed by atoms with van der Waals surface area (Å²) in [5.41, 5.74) is 8.80. The van der Waals surface area contributed by atoms with Crippen LogP contribution in [0.3, 0.4) is 0 Å². The van der Waals surface area contributed by atoms with Crippen molar-refractivity contribution >= 4 is 39.2 Å². The van der Waals surface area contributed by atoms with E-state index in [4.69, 9.17) is 33.7 Å². The summed E-state index contributed by atoms with van der Waals surface area (Å²) in [4.78, 5) is -0.281. The molecule has 0 spiro atoms. The third kappa shape index (κ3) is 2.92. The van der Waals surface area contributed by atoms with Gasteiger partial charge in [-0.15, -0.1) is 9.74 Å². The number of hydrogen-bond donors (Lipinski definition) is 3. The maximum Gasteiger partial charge on any atom is 0.294 e. The molecular weight excluding hydrogens is 315 g/mol. The minimum Gasteiger partial charge on any atom is -0.394 e. The zero-order valence-electron chi connectivity index (χ0n) is 9.21. The first-order valence-corrected chi connectivity index (χ1v) is 6.99. The molecule has 0 radical (unpaired) electrons. The number of benzene rings is 1. The predicted molar refractivity (Wildman–Crippen MR) is 70.7 cm³/mol. The minimum atomic E-state index is -4.32. The first-order valence-electron chi connectivity index (χ1n) is 4.84. The molecule has 19 heavy (non-hydrogen) atoms. The van der Waals surface area contributed by atoms with E-state index in [1.54, 1.807) is 6.07 Å². The Balaban J connectivity index is 2.54. The maximum absolute atomic E-state index is 11.1. The highest BCUT2D eigenvalue weighted by atomic mass is 35.5. The van der Waals surface area contributed by atoms with Crippen molar-refractivity contribution < 1.29 is 13.0 Å². The molecule has 0 fully saturated rings. The van der Waals surface area contributed by atoms with Crippen LogP contribution < -0.4 is 11.2 Å². The van der Waals surface area contributed by atoms with Crippen molar-refractivity contribution in [3.05, 3.63) is 40.7 Å². The lowest BCUT2D eigenvalue weighted by Crippen LogP contribution is -2.34. The lowest BCUT2D eigenvalue weighted by molar-refractivity contribution is 0.402. The number of hydrogen-bond acceptors (Lipinski definition) is 6. The quantitative estimate of drug-likeness (QED) is 0.425.